The van der Waals surface area contributed by atoms with Crippen molar-refractivity contribution in [3.8, 4) is 0 Å². The SMILES string of the molecule is C=CCN1CCN(C)C2(CCN(C(=O)c3cccs3)CC2)C1=O.O=C(O)C(F)(F)F. The third-order valence-corrected chi connectivity index (χ3v) is 6.18. The molecule has 2 aliphatic heterocycles. The van der Waals surface area contributed by atoms with Gasteiger partial charge >= 0.3 is 12.1 Å². The van der Waals surface area contributed by atoms with Gasteiger partial charge in [0.25, 0.3) is 5.91 Å². The summed E-state index contributed by atoms with van der Waals surface area (Å²) in [7, 11) is 2.03. The highest BCUT2D eigenvalue weighted by molar-refractivity contribution is 7.12. The Hall–Kier alpha value is -2.40. The first-order valence-electron chi connectivity index (χ1n) is 9.27. The smallest absolute Gasteiger partial charge is 0.475 e. The lowest BCUT2D eigenvalue weighted by atomic mass is 9.82. The van der Waals surface area contributed by atoms with Gasteiger partial charge in [0, 0.05) is 32.7 Å². The fourth-order valence-electron chi connectivity index (χ4n) is 3.61. The Balaban J connectivity index is 0.000000396. The van der Waals surface area contributed by atoms with Gasteiger partial charge in [-0.25, -0.2) is 4.79 Å². The van der Waals surface area contributed by atoms with Crippen LogP contribution < -0.4 is 0 Å². The number of aliphatic carboxylic acids is 1. The number of carbonyl (C=O) groups is 3. The Bertz CT molecular complexity index is 774. The van der Waals surface area contributed by atoms with Crippen molar-refractivity contribution >= 4 is 29.1 Å². The van der Waals surface area contributed by atoms with E-state index in [0.717, 1.165) is 18.0 Å². The van der Waals surface area contributed by atoms with Crippen molar-refractivity contribution in [2.75, 3.05) is 39.8 Å². The number of likely N-dealkylation sites (N-methyl/N-ethyl adjacent to an activating group) is 1. The highest BCUT2D eigenvalue weighted by atomic mass is 32.1. The monoisotopic (exact) mass is 447 g/mol. The average Bonchev–Trinajstić information content (AvgIpc) is 3.23. The van der Waals surface area contributed by atoms with Crippen LogP contribution in [0, 0.1) is 0 Å². The van der Waals surface area contributed by atoms with Crippen molar-refractivity contribution in [2.24, 2.45) is 0 Å². The average molecular weight is 447 g/mol. The predicted octanol–water partition coefficient (Wildman–Crippen LogP) is 2.32. The van der Waals surface area contributed by atoms with Crippen LogP contribution in [-0.4, -0.2) is 89.1 Å². The number of halogens is 3. The van der Waals surface area contributed by atoms with Gasteiger partial charge in [-0.3, -0.25) is 14.5 Å². The van der Waals surface area contributed by atoms with Crippen molar-refractivity contribution in [3.05, 3.63) is 35.0 Å². The van der Waals surface area contributed by atoms with Crippen LogP contribution in [0.1, 0.15) is 22.5 Å². The fraction of sp³-hybridized carbons (Fsp3) is 0.526. The molecule has 2 aliphatic rings. The number of carbonyl (C=O) groups excluding carboxylic acids is 2. The van der Waals surface area contributed by atoms with E-state index < -0.39 is 17.7 Å². The Kier molecular flexibility index (Phi) is 7.64. The Morgan fingerprint density at radius 3 is 2.33 bits per heavy atom. The molecule has 1 spiro atoms. The molecule has 0 radical (unpaired) electrons. The van der Waals surface area contributed by atoms with Gasteiger partial charge in [0.05, 0.1) is 4.88 Å². The van der Waals surface area contributed by atoms with Crippen molar-refractivity contribution in [3.63, 3.8) is 0 Å². The maximum Gasteiger partial charge on any atom is 0.490 e. The molecule has 0 unspecified atom stereocenters. The highest BCUT2D eigenvalue weighted by Crippen LogP contribution is 2.33. The molecule has 30 heavy (non-hydrogen) atoms. The first-order valence-corrected chi connectivity index (χ1v) is 10.2. The van der Waals surface area contributed by atoms with Crippen molar-refractivity contribution < 1.29 is 32.7 Å². The Morgan fingerprint density at radius 2 is 1.87 bits per heavy atom. The van der Waals surface area contributed by atoms with Crippen LogP contribution in [0.5, 0.6) is 0 Å². The Morgan fingerprint density at radius 1 is 1.27 bits per heavy atom. The first-order chi connectivity index (χ1) is 14.0. The van der Waals surface area contributed by atoms with E-state index in [1.165, 1.54) is 11.3 Å². The molecule has 0 saturated carbocycles. The number of carboxylic acids is 1. The lowest BCUT2D eigenvalue weighted by Crippen LogP contribution is -2.67. The van der Waals surface area contributed by atoms with Crippen molar-refractivity contribution in [2.45, 2.75) is 24.6 Å². The molecule has 166 valence electrons. The zero-order valence-electron chi connectivity index (χ0n) is 16.5. The van der Waals surface area contributed by atoms with Gasteiger partial charge in [0.2, 0.25) is 5.91 Å². The van der Waals surface area contributed by atoms with Crippen LogP contribution in [-0.2, 0) is 9.59 Å². The van der Waals surface area contributed by atoms with Crippen LogP contribution in [0.3, 0.4) is 0 Å². The van der Waals surface area contributed by atoms with E-state index in [0.29, 0.717) is 32.5 Å². The number of likely N-dealkylation sites (tertiary alicyclic amines) is 1. The molecular weight excluding hydrogens is 423 g/mol. The molecule has 0 atom stereocenters. The third-order valence-electron chi connectivity index (χ3n) is 5.32. The number of thiophene rings is 1. The van der Waals surface area contributed by atoms with Crippen LogP contribution in [0.4, 0.5) is 13.2 Å². The summed E-state index contributed by atoms with van der Waals surface area (Å²) in [4.78, 5) is 41.0. The summed E-state index contributed by atoms with van der Waals surface area (Å²) in [5.41, 5.74) is -0.451. The number of piperazine rings is 1. The number of amides is 2. The van der Waals surface area contributed by atoms with E-state index in [2.05, 4.69) is 11.5 Å². The van der Waals surface area contributed by atoms with E-state index in [-0.39, 0.29) is 11.8 Å². The number of hydrogen-bond donors (Lipinski definition) is 1. The Labute approximate surface area is 176 Å². The van der Waals surface area contributed by atoms with Gasteiger partial charge in [0.15, 0.2) is 0 Å². The normalized spacial score (nSPS) is 19.3. The van der Waals surface area contributed by atoms with Gasteiger partial charge in [-0.2, -0.15) is 13.2 Å². The number of carboxylic acid groups (broad SMARTS) is 1. The van der Waals surface area contributed by atoms with Gasteiger partial charge in [0.1, 0.15) is 5.54 Å². The summed E-state index contributed by atoms with van der Waals surface area (Å²) < 4.78 is 31.7. The predicted molar refractivity (Wildman–Crippen MR) is 105 cm³/mol. The highest BCUT2D eigenvalue weighted by Gasteiger charge is 2.49. The number of hydrogen-bond acceptors (Lipinski definition) is 5. The summed E-state index contributed by atoms with van der Waals surface area (Å²) >= 11 is 1.47. The number of nitrogens with zero attached hydrogens (tertiary/aromatic N) is 3. The van der Waals surface area contributed by atoms with Gasteiger partial charge in [-0.1, -0.05) is 12.1 Å². The maximum atomic E-state index is 12.9. The lowest BCUT2D eigenvalue weighted by molar-refractivity contribution is -0.192. The summed E-state index contributed by atoms with van der Waals surface area (Å²) in [6.45, 7) is 7.24. The fourth-order valence-corrected chi connectivity index (χ4v) is 4.30. The summed E-state index contributed by atoms with van der Waals surface area (Å²) in [5, 5.41) is 9.05. The molecule has 2 saturated heterocycles. The molecule has 2 amide bonds. The van der Waals surface area contributed by atoms with Crippen molar-refractivity contribution in [1.82, 2.24) is 14.7 Å². The first kappa shape index (κ1) is 23.9. The second kappa shape index (κ2) is 9.61. The molecule has 3 rings (SSSR count). The van der Waals surface area contributed by atoms with E-state index in [1.807, 2.05) is 34.4 Å². The van der Waals surface area contributed by atoms with E-state index in [4.69, 9.17) is 9.90 Å². The van der Waals surface area contributed by atoms with E-state index in [1.54, 1.807) is 6.08 Å². The molecule has 7 nitrogen and oxygen atoms in total. The minimum absolute atomic E-state index is 0.0868. The zero-order chi connectivity index (χ0) is 22.5. The molecule has 1 N–H and O–H groups in total. The standard InChI is InChI=1S/C17H23N3O2S.C2HF3O2/c1-3-8-20-12-11-18(2)17(16(20)22)6-9-19(10-7-17)15(21)14-5-4-13-23-14;3-2(4,5)1(6)7/h3-5,13H,1,6-12H2,2H3;(H,6,7). The van der Waals surface area contributed by atoms with Crippen LogP contribution >= 0.6 is 11.3 Å². The number of piperidine rings is 1. The molecule has 3 heterocycles. The van der Waals surface area contributed by atoms with Crippen LogP contribution in [0.15, 0.2) is 30.2 Å². The molecule has 1 aromatic heterocycles. The molecule has 0 aromatic carbocycles. The second-order valence-electron chi connectivity index (χ2n) is 7.07. The van der Waals surface area contributed by atoms with Crippen LogP contribution in [0.2, 0.25) is 0 Å². The number of rotatable bonds is 3. The van der Waals surface area contributed by atoms with Gasteiger partial charge < -0.3 is 14.9 Å². The van der Waals surface area contributed by atoms with Crippen molar-refractivity contribution in [1.29, 1.82) is 0 Å². The summed E-state index contributed by atoms with van der Waals surface area (Å²) in [6.07, 6.45) is -1.90. The van der Waals surface area contributed by atoms with Crippen LogP contribution in [0.25, 0.3) is 0 Å². The minimum Gasteiger partial charge on any atom is -0.475 e. The third kappa shape index (κ3) is 5.20. The second-order valence-corrected chi connectivity index (χ2v) is 8.01. The molecule has 2 fully saturated rings. The maximum absolute atomic E-state index is 12.9. The molecule has 11 heteroatoms. The van der Waals surface area contributed by atoms with Gasteiger partial charge in [-0.05, 0) is 31.3 Å². The summed E-state index contributed by atoms with van der Waals surface area (Å²) in [6, 6.07) is 3.76. The quantitative estimate of drug-likeness (QED) is 0.720. The molecular formula is C19H24F3N3O4S. The molecule has 0 aliphatic carbocycles. The minimum atomic E-state index is -5.08. The van der Waals surface area contributed by atoms with E-state index in [9.17, 15) is 22.8 Å². The molecule has 1 aromatic rings. The molecule has 0 bridgehead atoms. The van der Waals surface area contributed by atoms with Gasteiger partial charge in [-0.15, -0.1) is 17.9 Å². The van der Waals surface area contributed by atoms with E-state index >= 15 is 0 Å². The number of alkyl halides is 3. The zero-order valence-corrected chi connectivity index (χ0v) is 17.3. The topological polar surface area (TPSA) is 81.2 Å². The summed E-state index contributed by atoms with van der Waals surface area (Å²) in [5.74, 6) is -2.48. The lowest BCUT2D eigenvalue weighted by Gasteiger charge is -2.51. The largest absolute Gasteiger partial charge is 0.490 e.